The van der Waals surface area contributed by atoms with E-state index in [-0.39, 0.29) is 36.5 Å². The van der Waals surface area contributed by atoms with Crippen molar-refractivity contribution >= 4 is 38.8 Å². The number of halogens is 1. The van der Waals surface area contributed by atoms with Gasteiger partial charge in [0.05, 0.1) is 29.6 Å². The minimum Gasteiger partial charge on any atom is -0.491 e. The normalized spacial score (nSPS) is 22.3. The molecule has 5 N–H and O–H groups in total. The maximum absolute atomic E-state index is 15.0. The topological polar surface area (TPSA) is 116 Å². The third kappa shape index (κ3) is 3.98. The number of nitrogen functional groups attached to an aromatic ring is 1. The van der Waals surface area contributed by atoms with E-state index in [4.69, 9.17) is 20.9 Å². The van der Waals surface area contributed by atoms with Crippen LogP contribution in [0.3, 0.4) is 0 Å². The van der Waals surface area contributed by atoms with Gasteiger partial charge in [0.2, 0.25) is 0 Å². The molecule has 0 radical (unpaired) electrons. The van der Waals surface area contributed by atoms with E-state index >= 15 is 0 Å². The molecule has 0 spiro atoms. The van der Waals surface area contributed by atoms with Crippen LogP contribution in [0.15, 0.2) is 24.3 Å². The molecule has 4 heterocycles. The first-order valence-electron chi connectivity index (χ1n) is 10.8. The molecule has 1 aromatic carbocycles. The van der Waals surface area contributed by atoms with Gasteiger partial charge in [0, 0.05) is 37.3 Å². The number of aromatic nitrogens is 1. The van der Waals surface area contributed by atoms with E-state index in [1.165, 1.54) is 17.4 Å². The fourth-order valence-corrected chi connectivity index (χ4v) is 5.52. The third-order valence-electron chi connectivity index (χ3n) is 6.26. The number of thiophene rings is 1. The number of pyridine rings is 1. The van der Waals surface area contributed by atoms with Crippen molar-refractivity contribution in [2.24, 2.45) is 5.73 Å². The summed E-state index contributed by atoms with van der Waals surface area (Å²) in [5, 5.41) is 3.74. The maximum Gasteiger partial charge on any atom is 0.263 e. The molecule has 5 rings (SSSR count). The van der Waals surface area contributed by atoms with Crippen molar-refractivity contribution in [3.05, 3.63) is 46.2 Å². The Hall–Kier alpha value is -2.95. The molecule has 2 aliphatic heterocycles. The van der Waals surface area contributed by atoms with E-state index in [0.717, 1.165) is 15.9 Å². The third-order valence-corrected chi connectivity index (χ3v) is 7.38. The van der Waals surface area contributed by atoms with Crippen LogP contribution in [0.1, 0.15) is 20.9 Å². The summed E-state index contributed by atoms with van der Waals surface area (Å²) in [5.74, 6) is -0.00480. The van der Waals surface area contributed by atoms with E-state index in [0.29, 0.717) is 47.1 Å². The molecule has 1 amide bonds. The number of nitrogens with two attached hydrogens (primary N) is 2. The van der Waals surface area contributed by atoms with Crippen LogP contribution in [0.25, 0.3) is 10.2 Å². The highest BCUT2D eigenvalue weighted by molar-refractivity contribution is 7.21. The van der Waals surface area contributed by atoms with E-state index in [1.54, 1.807) is 13.2 Å². The number of nitrogens with zero attached hydrogens (tertiary/aromatic N) is 2. The predicted octanol–water partition coefficient (Wildman–Crippen LogP) is 2.22. The Morgan fingerprint density at radius 1 is 1.36 bits per heavy atom. The van der Waals surface area contributed by atoms with Crippen molar-refractivity contribution in [1.29, 1.82) is 0 Å². The minimum atomic E-state index is -0.344. The number of benzene rings is 1. The van der Waals surface area contributed by atoms with Crippen molar-refractivity contribution in [3.8, 4) is 5.75 Å². The molecular formula is C23H26FN5O3S. The second-order valence-electron chi connectivity index (χ2n) is 8.59. The SMILES string of the molecule is CO[C@H]1CN(c2cc3c(cc2F)C[C@@H](NC(=O)c2sc4nc(C)ccc4c2N)CO3)C[C@@H]1N. The van der Waals surface area contributed by atoms with Gasteiger partial charge < -0.3 is 31.2 Å². The van der Waals surface area contributed by atoms with E-state index in [2.05, 4.69) is 10.3 Å². The smallest absolute Gasteiger partial charge is 0.263 e. The second kappa shape index (κ2) is 8.44. The summed E-state index contributed by atoms with van der Waals surface area (Å²) in [7, 11) is 1.61. The van der Waals surface area contributed by atoms with Crippen molar-refractivity contribution in [3.63, 3.8) is 0 Å². The average molecular weight is 472 g/mol. The Morgan fingerprint density at radius 3 is 2.94 bits per heavy atom. The number of rotatable bonds is 4. The summed E-state index contributed by atoms with van der Waals surface area (Å²) in [5.41, 5.74) is 14.7. The number of amides is 1. The average Bonchev–Trinajstić information content (AvgIpc) is 3.32. The Morgan fingerprint density at radius 2 is 2.18 bits per heavy atom. The van der Waals surface area contributed by atoms with E-state index < -0.39 is 0 Å². The zero-order chi connectivity index (χ0) is 23.3. The van der Waals surface area contributed by atoms with E-state index in [9.17, 15) is 9.18 Å². The molecule has 1 saturated heterocycles. The lowest BCUT2D eigenvalue weighted by molar-refractivity contribution is 0.0920. The molecule has 0 aliphatic carbocycles. The summed E-state index contributed by atoms with van der Waals surface area (Å²) >= 11 is 1.27. The summed E-state index contributed by atoms with van der Waals surface area (Å²) < 4.78 is 26.2. The molecule has 33 heavy (non-hydrogen) atoms. The van der Waals surface area contributed by atoms with Crippen LogP contribution in [0.2, 0.25) is 0 Å². The van der Waals surface area contributed by atoms with E-state index in [1.807, 2.05) is 24.0 Å². The number of nitrogens with one attached hydrogen (secondary N) is 1. The molecular weight excluding hydrogens is 445 g/mol. The number of ether oxygens (including phenoxy) is 2. The number of carbonyl (C=O) groups excluding carboxylic acids is 1. The summed E-state index contributed by atoms with van der Waals surface area (Å²) in [4.78, 5) is 20.4. The van der Waals surface area contributed by atoms with Crippen molar-refractivity contribution in [2.75, 3.05) is 37.4 Å². The van der Waals surface area contributed by atoms with Gasteiger partial charge in [0.15, 0.2) is 0 Å². The first-order chi connectivity index (χ1) is 15.8. The van der Waals surface area contributed by atoms with Crippen LogP contribution in [0.4, 0.5) is 15.8 Å². The fourth-order valence-electron chi connectivity index (χ4n) is 4.48. The Kier molecular flexibility index (Phi) is 5.59. The monoisotopic (exact) mass is 471 g/mol. The first-order valence-corrected chi connectivity index (χ1v) is 11.6. The van der Waals surface area contributed by atoms with Crippen LogP contribution in [-0.2, 0) is 11.2 Å². The molecule has 174 valence electrons. The lowest BCUT2D eigenvalue weighted by atomic mass is 10.0. The molecule has 10 heteroatoms. The van der Waals surface area contributed by atoms with Crippen LogP contribution in [0.5, 0.6) is 5.75 Å². The Bertz CT molecular complexity index is 1230. The Labute approximate surface area is 194 Å². The van der Waals surface area contributed by atoms with Gasteiger partial charge in [-0.15, -0.1) is 11.3 Å². The standard InChI is InChI=1S/C23H26FN5O3S/c1-11-3-4-14-20(26)21(33-23(14)27-11)22(30)28-13-5-12-6-15(24)17(7-18(12)32-10-13)29-8-16(25)19(9-29)31-2/h3-4,6-7,13,16,19H,5,8-10,25-26H2,1-2H3,(H,28,30)/t13-,16+,19+/m1/s1. The molecule has 3 atom stereocenters. The minimum absolute atomic E-state index is 0.138. The quantitative estimate of drug-likeness (QED) is 0.534. The largest absolute Gasteiger partial charge is 0.491 e. The first kappa shape index (κ1) is 21.9. The molecule has 1 fully saturated rings. The summed E-state index contributed by atoms with van der Waals surface area (Å²) in [6, 6.07) is 6.47. The lowest BCUT2D eigenvalue weighted by Crippen LogP contribution is -2.42. The van der Waals surface area contributed by atoms with Gasteiger partial charge in [-0.05, 0) is 37.1 Å². The summed E-state index contributed by atoms with van der Waals surface area (Å²) in [6.07, 6.45) is 0.321. The number of methoxy groups -OCH3 is 1. The van der Waals surface area contributed by atoms with Gasteiger partial charge in [-0.2, -0.15) is 0 Å². The van der Waals surface area contributed by atoms with Gasteiger partial charge in [0.1, 0.15) is 27.9 Å². The zero-order valence-corrected chi connectivity index (χ0v) is 19.2. The molecule has 8 nitrogen and oxygen atoms in total. The van der Waals surface area contributed by atoms with Gasteiger partial charge in [-0.25, -0.2) is 9.37 Å². The molecule has 2 aromatic heterocycles. The number of hydrogen-bond donors (Lipinski definition) is 3. The molecule has 3 aromatic rings. The molecule has 2 aliphatic rings. The van der Waals surface area contributed by atoms with Gasteiger partial charge in [-0.1, -0.05) is 0 Å². The van der Waals surface area contributed by atoms with Crippen LogP contribution < -0.4 is 26.4 Å². The maximum atomic E-state index is 15.0. The van der Waals surface area contributed by atoms with Crippen molar-refractivity contribution < 1.29 is 18.7 Å². The predicted molar refractivity (Wildman–Crippen MR) is 127 cm³/mol. The molecule has 0 saturated carbocycles. The van der Waals surface area contributed by atoms with Crippen LogP contribution >= 0.6 is 11.3 Å². The number of carbonyl (C=O) groups is 1. The highest BCUT2D eigenvalue weighted by atomic mass is 32.1. The zero-order valence-electron chi connectivity index (χ0n) is 18.4. The van der Waals surface area contributed by atoms with Crippen LogP contribution in [-0.4, -0.2) is 55.9 Å². The molecule has 0 bridgehead atoms. The summed E-state index contributed by atoms with van der Waals surface area (Å²) in [6.45, 7) is 3.21. The number of aryl methyl sites for hydroxylation is 1. The molecule has 0 unspecified atom stereocenters. The second-order valence-corrected chi connectivity index (χ2v) is 9.59. The Balaban J connectivity index is 1.31. The van der Waals surface area contributed by atoms with Crippen molar-refractivity contribution in [2.45, 2.75) is 31.5 Å². The van der Waals surface area contributed by atoms with Crippen LogP contribution in [0, 0.1) is 12.7 Å². The fraction of sp³-hybridized carbons (Fsp3) is 0.391. The lowest BCUT2D eigenvalue weighted by Gasteiger charge is -2.28. The van der Waals surface area contributed by atoms with Gasteiger partial charge in [-0.3, -0.25) is 4.79 Å². The van der Waals surface area contributed by atoms with Crippen molar-refractivity contribution in [1.82, 2.24) is 10.3 Å². The number of anilines is 2. The highest BCUT2D eigenvalue weighted by Crippen LogP contribution is 2.35. The van der Waals surface area contributed by atoms with Gasteiger partial charge >= 0.3 is 0 Å². The number of hydrogen-bond acceptors (Lipinski definition) is 8. The number of fused-ring (bicyclic) bond motifs is 2. The van der Waals surface area contributed by atoms with Gasteiger partial charge in [0.25, 0.3) is 5.91 Å². The highest BCUT2D eigenvalue weighted by Gasteiger charge is 2.33.